The largest absolute Gasteiger partial charge is 0.466 e. The van der Waals surface area contributed by atoms with Gasteiger partial charge in [-0.3, -0.25) is 4.98 Å². The van der Waals surface area contributed by atoms with Crippen molar-refractivity contribution >= 4 is 0 Å². The second-order valence-electron chi connectivity index (χ2n) is 3.23. The molecule has 1 aromatic heterocycles. The lowest BCUT2D eigenvalue weighted by Gasteiger charge is -2.10. The van der Waals surface area contributed by atoms with Gasteiger partial charge in [0.1, 0.15) is 5.75 Å². The molecule has 4 heteroatoms. The highest BCUT2D eigenvalue weighted by atomic mass is 16.7. The lowest BCUT2D eigenvalue weighted by Crippen LogP contribution is -2.15. The van der Waals surface area contributed by atoms with Crippen molar-refractivity contribution in [3.63, 3.8) is 0 Å². The molecular formula is C11H18N2O2. The molecule has 0 radical (unpaired) electrons. The lowest BCUT2D eigenvalue weighted by atomic mass is 10.3. The summed E-state index contributed by atoms with van der Waals surface area (Å²) in [5.41, 5.74) is 1.92. The number of nitrogens with zero attached hydrogens (tertiary/aromatic N) is 1. The van der Waals surface area contributed by atoms with Gasteiger partial charge in [-0.25, -0.2) is 0 Å². The Hall–Kier alpha value is -1.13. The van der Waals surface area contributed by atoms with Crippen molar-refractivity contribution in [2.24, 2.45) is 0 Å². The average molecular weight is 210 g/mol. The molecule has 0 aromatic carbocycles. The maximum absolute atomic E-state index is 5.41. The van der Waals surface area contributed by atoms with Crippen LogP contribution in [0.25, 0.3) is 0 Å². The van der Waals surface area contributed by atoms with Crippen LogP contribution in [0.15, 0.2) is 12.1 Å². The number of pyridine rings is 1. The van der Waals surface area contributed by atoms with Crippen LogP contribution in [0, 0.1) is 6.92 Å². The smallest absolute Gasteiger partial charge is 0.188 e. The summed E-state index contributed by atoms with van der Waals surface area (Å²) < 4.78 is 10.3. The third kappa shape index (κ3) is 3.85. The van der Waals surface area contributed by atoms with Crippen LogP contribution >= 0.6 is 0 Å². The van der Waals surface area contributed by atoms with Gasteiger partial charge < -0.3 is 14.8 Å². The highest BCUT2D eigenvalue weighted by Crippen LogP contribution is 2.16. The molecule has 1 N–H and O–H groups in total. The molecule has 0 atom stereocenters. The molecule has 0 aliphatic heterocycles. The first-order chi connectivity index (χ1) is 7.27. The van der Waals surface area contributed by atoms with E-state index in [2.05, 4.69) is 17.2 Å². The maximum atomic E-state index is 5.41. The van der Waals surface area contributed by atoms with E-state index in [-0.39, 0.29) is 6.79 Å². The van der Waals surface area contributed by atoms with Gasteiger partial charge in [-0.2, -0.15) is 0 Å². The van der Waals surface area contributed by atoms with Crippen molar-refractivity contribution in [1.82, 2.24) is 10.3 Å². The zero-order valence-electron chi connectivity index (χ0n) is 9.54. The molecule has 84 valence electrons. The quantitative estimate of drug-likeness (QED) is 0.722. The third-order valence-corrected chi connectivity index (χ3v) is 1.95. The normalized spacial score (nSPS) is 10.3. The van der Waals surface area contributed by atoms with E-state index in [4.69, 9.17) is 9.47 Å². The predicted molar refractivity (Wildman–Crippen MR) is 58.9 cm³/mol. The zero-order valence-corrected chi connectivity index (χ0v) is 9.54. The molecule has 4 nitrogen and oxygen atoms in total. The molecule has 0 saturated heterocycles. The van der Waals surface area contributed by atoms with Crippen molar-refractivity contribution in [3.8, 4) is 5.75 Å². The minimum atomic E-state index is 0.254. The first-order valence-electron chi connectivity index (χ1n) is 5.07. The summed E-state index contributed by atoms with van der Waals surface area (Å²) in [6.07, 6.45) is 0. The molecule has 1 rings (SSSR count). The Bertz CT molecular complexity index is 303. The summed E-state index contributed by atoms with van der Waals surface area (Å²) >= 11 is 0. The topological polar surface area (TPSA) is 43.4 Å². The van der Waals surface area contributed by atoms with E-state index in [1.807, 2.05) is 19.1 Å². The second-order valence-corrected chi connectivity index (χ2v) is 3.23. The maximum Gasteiger partial charge on any atom is 0.188 e. The van der Waals surface area contributed by atoms with E-state index in [9.17, 15) is 0 Å². The van der Waals surface area contributed by atoms with Gasteiger partial charge in [0.05, 0.1) is 5.69 Å². The van der Waals surface area contributed by atoms with Crippen molar-refractivity contribution in [2.75, 3.05) is 20.4 Å². The van der Waals surface area contributed by atoms with Crippen LogP contribution in [-0.4, -0.2) is 25.4 Å². The molecule has 0 spiro atoms. The number of aryl methyl sites for hydroxylation is 1. The van der Waals surface area contributed by atoms with Crippen LogP contribution in [0.2, 0.25) is 0 Å². The Labute approximate surface area is 90.6 Å². The molecule has 0 saturated carbocycles. The molecule has 0 fully saturated rings. The van der Waals surface area contributed by atoms with E-state index in [0.29, 0.717) is 0 Å². The van der Waals surface area contributed by atoms with E-state index >= 15 is 0 Å². The van der Waals surface area contributed by atoms with Crippen LogP contribution in [0.1, 0.15) is 18.3 Å². The van der Waals surface area contributed by atoms with Gasteiger partial charge in [0.15, 0.2) is 6.79 Å². The molecular weight excluding hydrogens is 192 g/mol. The number of methoxy groups -OCH3 is 1. The lowest BCUT2D eigenvalue weighted by molar-refractivity contribution is 0.0500. The number of ether oxygens (including phenoxy) is 2. The minimum Gasteiger partial charge on any atom is -0.466 e. The van der Waals surface area contributed by atoms with Crippen molar-refractivity contribution in [3.05, 3.63) is 23.5 Å². The van der Waals surface area contributed by atoms with E-state index < -0.39 is 0 Å². The molecule has 0 amide bonds. The van der Waals surface area contributed by atoms with Gasteiger partial charge in [-0.1, -0.05) is 6.92 Å². The number of rotatable bonds is 6. The van der Waals surface area contributed by atoms with Crippen LogP contribution in [0.5, 0.6) is 5.75 Å². The van der Waals surface area contributed by atoms with Gasteiger partial charge in [0, 0.05) is 19.3 Å². The summed E-state index contributed by atoms with van der Waals surface area (Å²) in [5.74, 6) is 0.781. The Morgan fingerprint density at radius 2 is 2.20 bits per heavy atom. The summed E-state index contributed by atoms with van der Waals surface area (Å²) in [7, 11) is 1.60. The molecule has 15 heavy (non-hydrogen) atoms. The minimum absolute atomic E-state index is 0.254. The highest BCUT2D eigenvalue weighted by molar-refractivity contribution is 5.29. The Morgan fingerprint density at radius 3 is 2.87 bits per heavy atom. The number of aromatic nitrogens is 1. The molecule has 0 unspecified atom stereocenters. The van der Waals surface area contributed by atoms with Crippen molar-refractivity contribution in [2.45, 2.75) is 20.4 Å². The number of nitrogens with one attached hydrogen (secondary N) is 1. The standard InChI is InChI=1S/C11H18N2O2/c1-4-12-7-10-11(15-8-14-3)6-5-9(2)13-10/h5-6,12H,4,7-8H2,1-3H3. The molecule has 1 heterocycles. The Balaban J connectivity index is 2.73. The first-order valence-corrected chi connectivity index (χ1v) is 5.07. The average Bonchev–Trinajstić information content (AvgIpc) is 2.25. The monoisotopic (exact) mass is 210 g/mol. The molecule has 1 aromatic rings. The molecule has 0 aliphatic carbocycles. The van der Waals surface area contributed by atoms with Crippen molar-refractivity contribution < 1.29 is 9.47 Å². The summed E-state index contributed by atoms with van der Waals surface area (Å²) in [6.45, 7) is 5.92. The molecule has 0 aliphatic rings. The summed E-state index contributed by atoms with van der Waals surface area (Å²) in [6, 6.07) is 3.86. The van der Waals surface area contributed by atoms with Gasteiger partial charge in [-0.05, 0) is 25.6 Å². The van der Waals surface area contributed by atoms with Crippen LogP contribution < -0.4 is 10.1 Å². The van der Waals surface area contributed by atoms with E-state index in [1.54, 1.807) is 7.11 Å². The highest BCUT2D eigenvalue weighted by Gasteiger charge is 2.04. The summed E-state index contributed by atoms with van der Waals surface area (Å²) in [4.78, 5) is 4.42. The van der Waals surface area contributed by atoms with Crippen molar-refractivity contribution in [1.29, 1.82) is 0 Å². The van der Waals surface area contributed by atoms with Crippen LogP contribution in [0.4, 0.5) is 0 Å². The second kappa shape index (κ2) is 6.37. The Kier molecular flexibility index (Phi) is 5.07. The number of hydrogen-bond donors (Lipinski definition) is 1. The molecule has 0 bridgehead atoms. The first kappa shape index (κ1) is 11.9. The fourth-order valence-corrected chi connectivity index (χ4v) is 1.22. The summed E-state index contributed by atoms with van der Waals surface area (Å²) in [5, 5.41) is 3.23. The Morgan fingerprint density at radius 1 is 1.40 bits per heavy atom. The fourth-order valence-electron chi connectivity index (χ4n) is 1.22. The van der Waals surface area contributed by atoms with Crippen LogP contribution in [-0.2, 0) is 11.3 Å². The van der Waals surface area contributed by atoms with Gasteiger partial charge in [0.2, 0.25) is 0 Å². The predicted octanol–water partition coefficient (Wildman–Crippen LogP) is 1.48. The number of hydrogen-bond acceptors (Lipinski definition) is 4. The van der Waals surface area contributed by atoms with Gasteiger partial charge >= 0.3 is 0 Å². The SMILES string of the molecule is CCNCc1nc(C)ccc1OCOC. The van der Waals surface area contributed by atoms with Gasteiger partial charge in [0.25, 0.3) is 0 Å². The van der Waals surface area contributed by atoms with E-state index in [0.717, 1.165) is 30.2 Å². The van der Waals surface area contributed by atoms with E-state index in [1.165, 1.54) is 0 Å². The fraction of sp³-hybridized carbons (Fsp3) is 0.545. The third-order valence-electron chi connectivity index (χ3n) is 1.95. The van der Waals surface area contributed by atoms with Crippen LogP contribution in [0.3, 0.4) is 0 Å². The zero-order chi connectivity index (χ0) is 11.1. The van der Waals surface area contributed by atoms with Gasteiger partial charge in [-0.15, -0.1) is 0 Å².